The molecular formula is C24H28N4. The van der Waals surface area contributed by atoms with Gasteiger partial charge < -0.3 is 9.47 Å². The Kier molecular flexibility index (Phi) is 4.65. The molecule has 0 atom stereocenters. The second kappa shape index (κ2) is 7.44. The maximum Gasteiger partial charge on any atom is 0.215 e. The Morgan fingerprint density at radius 1 is 0.929 bits per heavy atom. The van der Waals surface area contributed by atoms with Gasteiger partial charge in [-0.2, -0.15) is 0 Å². The molecule has 1 aliphatic rings. The van der Waals surface area contributed by atoms with Gasteiger partial charge in [0.15, 0.2) is 0 Å². The number of aryl methyl sites for hydroxylation is 2. The molecule has 0 spiro atoms. The minimum atomic E-state index is 1.00. The number of hydrogen-bond acceptors (Lipinski definition) is 2. The molecule has 0 amide bonds. The van der Waals surface area contributed by atoms with Gasteiger partial charge >= 0.3 is 0 Å². The highest BCUT2D eigenvalue weighted by molar-refractivity contribution is 5.81. The largest absolute Gasteiger partial charge is 0.310 e. The summed E-state index contributed by atoms with van der Waals surface area (Å²) in [6.45, 7) is 6.91. The molecule has 28 heavy (non-hydrogen) atoms. The van der Waals surface area contributed by atoms with Gasteiger partial charge in [0.25, 0.3) is 0 Å². The Balaban J connectivity index is 1.54. The number of fused-ring (bicyclic) bond motifs is 3. The zero-order chi connectivity index (χ0) is 18.9. The fourth-order valence-corrected chi connectivity index (χ4v) is 4.47. The molecule has 2 aromatic heterocycles. The maximum atomic E-state index is 4.96. The Labute approximate surface area is 166 Å². The highest BCUT2D eigenvalue weighted by atomic mass is 15.2. The van der Waals surface area contributed by atoms with E-state index in [1.807, 2.05) is 0 Å². The van der Waals surface area contributed by atoms with Gasteiger partial charge in [0.1, 0.15) is 0 Å². The minimum Gasteiger partial charge on any atom is -0.310 e. The lowest BCUT2D eigenvalue weighted by Gasteiger charge is -2.15. The van der Waals surface area contributed by atoms with Gasteiger partial charge in [0, 0.05) is 12.7 Å². The van der Waals surface area contributed by atoms with Crippen molar-refractivity contribution < 1.29 is 0 Å². The lowest BCUT2D eigenvalue weighted by Crippen LogP contribution is -2.21. The number of likely N-dealkylation sites (tertiary alicyclic amines) is 1. The Hall–Kier alpha value is -2.59. The fraction of sp³-hybridized carbons (Fsp3) is 0.375. The van der Waals surface area contributed by atoms with Crippen molar-refractivity contribution in [2.45, 2.75) is 39.2 Å². The zero-order valence-electron chi connectivity index (χ0n) is 16.6. The number of aromatic nitrogens is 3. The molecule has 1 aliphatic heterocycles. The maximum absolute atomic E-state index is 4.96. The van der Waals surface area contributed by atoms with E-state index in [0.717, 1.165) is 30.7 Å². The second-order valence-electron chi connectivity index (χ2n) is 7.89. The van der Waals surface area contributed by atoms with Crippen LogP contribution in [-0.2, 0) is 13.0 Å². The summed E-state index contributed by atoms with van der Waals surface area (Å²) in [6.07, 6.45) is 7.21. The third-order valence-electron chi connectivity index (χ3n) is 6.07. The van der Waals surface area contributed by atoms with E-state index in [2.05, 4.69) is 75.5 Å². The van der Waals surface area contributed by atoms with Crippen LogP contribution in [0.5, 0.6) is 0 Å². The predicted octanol–water partition coefficient (Wildman–Crippen LogP) is 5.00. The van der Waals surface area contributed by atoms with Crippen molar-refractivity contribution in [1.29, 1.82) is 0 Å². The monoisotopic (exact) mass is 372 g/mol. The third-order valence-corrected chi connectivity index (χ3v) is 6.07. The normalized spacial score (nSPS) is 15.2. The summed E-state index contributed by atoms with van der Waals surface area (Å²) >= 11 is 0. The quantitative estimate of drug-likeness (QED) is 0.476. The van der Waals surface area contributed by atoms with E-state index in [4.69, 9.17) is 4.98 Å². The second-order valence-corrected chi connectivity index (χ2v) is 7.89. The van der Waals surface area contributed by atoms with Crippen molar-refractivity contribution in [3.05, 3.63) is 60.3 Å². The molecule has 2 aromatic carbocycles. The summed E-state index contributed by atoms with van der Waals surface area (Å²) in [6, 6.07) is 17.4. The topological polar surface area (TPSA) is 25.5 Å². The van der Waals surface area contributed by atoms with Crippen LogP contribution in [0.15, 0.2) is 54.7 Å². The van der Waals surface area contributed by atoms with Crippen molar-refractivity contribution in [2.24, 2.45) is 0 Å². The molecule has 0 unspecified atom stereocenters. The number of para-hydroxylation sites is 2. The molecular weight excluding hydrogens is 344 g/mol. The lowest BCUT2D eigenvalue weighted by molar-refractivity contribution is 0.326. The Morgan fingerprint density at radius 2 is 1.71 bits per heavy atom. The number of rotatable bonds is 6. The van der Waals surface area contributed by atoms with E-state index in [-0.39, 0.29) is 0 Å². The molecule has 0 aliphatic carbocycles. The minimum absolute atomic E-state index is 1.00. The highest BCUT2D eigenvalue weighted by Crippen LogP contribution is 2.27. The smallest absolute Gasteiger partial charge is 0.215 e. The van der Waals surface area contributed by atoms with Gasteiger partial charge in [-0.15, -0.1) is 0 Å². The molecule has 0 N–H and O–H groups in total. The van der Waals surface area contributed by atoms with E-state index in [1.54, 1.807) is 0 Å². The van der Waals surface area contributed by atoms with E-state index in [9.17, 15) is 0 Å². The molecule has 0 bridgehead atoms. The number of hydrogen-bond donors (Lipinski definition) is 0. The predicted molar refractivity (Wildman–Crippen MR) is 116 cm³/mol. The Morgan fingerprint density at radius 3 is 2.50 bits per heavy atom. The van der Waals surface area contributed by atoms with Crippen LogP contribution in [0.3, 0.4) is 0 Å². The van der Waals surface area contributed by atoms with Crippen LogP contribution >= 0.6 is 0 Å². The SMILES string of the molecule is CCc1ccc(-c2cn3c4ccccc4nc3n2CCCN2CCCC2)cc1. The van der Waals surface area contributed by atoms with Crippen LogP contribution in [0, 0.1) is 0 Å². The van der Waals surface area contributed by atoms with Crippen LogP contribution in [0.25, 0.3) is 28.1 Å². The summed E-state index contributed by atoms with van der Waals surface area (Å²) in [5.74, 6) is 1.05. The van der Waals surface area contributed by atoms with Crippen molar-refractivity contribution >= 4 is 16.8 Å². The van der Waals surface area contributed by atoms with Crippen molar-refractivity contribution in [3.8, 4) is 11.3 Å². The van der Waals surface area contributed by atoms with Gasteiger partial charge in [-0.1, -0.05) is 43.3 Å². The summed E-state index contributed by atoms with van der Waals surface area (Å²) < 4.78 is 4.67. The molecule has 1 fully saturated rings. The molecule has 0 radical (unpaired) electrons. The first kappa shape index (κ1) is 17.5. The van der Waals surface area contributed by atoms with Crippen LogP contribution in [0.1, 0.15) is 31.7 Å². The number of nitrogens with zero attached hydrogens (tertiary/aromatic N) is 4. The Bertz CT molecular complexity index is 1080. The summed E-state index contributed by atoms with van der Waals surface area (Å²) in [5.41, 5.74) is 6.16. The van der Waals surface area contributed by atoms with Crippen molar-refractivity contribution in [1.82, 2.24) is 18.9 Å². The van der Waals surface area contributed by atoms with Gasteiger partial charge in [0.05, 0.1) is 16.7 Å². The summed E-state index contributed by atoms with van der Waals surface area (Å²) in [7, 11) is 0. The van der Waals surface area contributed by atoms with Gasteiger partial charge in [-0.05, 0) is 68.6 Å². The molecule has 3 heterocycles. The van der Waals surface area contributed by atoms with Crippen LogP contribution in [0.4, 0.5) is 0 Å². The summed E-state index contributed by atoms with van der Waals surface area (Å²) in [4.78, 5) is 7.55. The third kappa shape index (κ3) is 3.12. The average Bonchev–Trinajstić information content (AvgIpc) is 3.45. The molecule has 4 heteroatoms. The first-order chi connectivity index (χ1) is 13.8. The standard InChI is InChI=1S/C24H28N4/c1-2-19-10-12-20(13-11-19)23-18-28-22-9-4-3-8-21(22)25-24(28)27(23)17-7-16-26-14-5-6-15-26/h3-4,8-13,18H,2,5-7,14-17H2,1H3. The first-order valence-electron chi connectivity index (χ1n) is 10.6. The molecule has 1 saturated heterocycles. The highest BCUT2D eigenvalue weighted by Gasteiger charge is 2.16. The molecule has 0 saturated carbocycles. The molecule has 144 valence electrons. The fourth-order valence-electron chi connectivity index (χ4n) is 4.47. The summed E-state index contributed by atoms with van der Waals surface area (Å²) in [5, 5.41) is 0. The van der Waals surface area contributed by atoms with Gasteiger partial charge in [0.2, 0.25) is 5.78 Å². The zero-order valence-corrected chi connectivity index (χ0v) is 16.6. The van der Waals surface area contributed by atoms with Gasteiger partial charge in [-0.25, -0.2) is 4.98 Å². The number of benzene rings is 2. The molecule has 4 aromatic rings. The molecule has 5 rings (SSSR count). The number of imidazole rings is 2. The van der Waals surface area contributed by atoms with Crippen LogP contribution < -0.4 is 0 Å². The molecule has 4 nitrogen and oxygen atoms in total. The van der Waals surface area contributed by atoms with E-state index < -0.39 is 0 Å². The van der Waals surface area contributed by atoms with E-state index >= 15 is 0 Å². The van der Waals surface area contributed by atoms with Crippen molar-refractivity contribution in [3.63, 3.8) is 0 Å². The van der Waals surface area contributed by atoms with E-state index in [0.29, 0.717) is 0 Å². The first-order valence-corrected chi connectivity index (χ1v) is 10.6. The lowest BCUT2D eigenvalue weighted by atomic mass is 10.1. The van der Waals surface area contributed by atoms with E-state index in [1.165, 1.54) is 54.8 Å². The van der Waals surface area contributed by atoms with Crippen LogP contribution in [0.2, 0.25) is 0 Å². The van der Waals surface area contributed by atoms with Crippen molar-refractivity contribution in [2.75, 3.05) is 19.6 Å². The van der Waals surface area contributed by atoms with Crippen LogP contribution in [-0.4, -0.2) is 38.5 Å². The average molecular weight is 373 g/mol. The van der Waals surface area contributed by atoms with Gasteiger partial charge in [-0.3, -0.25) is 4.40 Å².